The maximum atomic E-state index is 11.5. The predicted molar refractivity (Wildman–Crippen MR) is 67.8 cm³/mol. The lowest BCUT2D eigenvalue weighted by Crippen LogP contribution is -2.21. The van der Waals surface area contributed by atoms with Crippen LogP contribution in [0.25, 0.3) is 0 Å². The summed E-state index contributed by atoms with van der Waals surface area (Å²) >= 11 is 0. The van der Waals surface area contributed by atoms with Gasteiger partial charge in [-0.3, -0.25) is 4.89 Å². The fourth-order valence-electron chi connectivity index (χ4n) is 1.03. The Hall–Kier alpha value is -2.40. The molecule has 100 valence electrons. The smallest absolute Gasteiger partial charge is 0.373 e. The molecule has 0 aromatic heterocycles. The van der Waals surface area contributed by atoms with E-state index >= 15 is 0 Å². The van der Waals surface area contributed by atoms with Gasteiger partial charge in [0.2, 0.25) is 0 Å². The molecule has 19 heavy (non-hydrogen) atoms. The van der Waals surface area contributed by atoms with Gasteiger partial charge < -0.3 is 4.74 Å². The van der Waals surface area contributed by atoms with Crippen molar-refractivity contribution in [2.24, 2.45) is 0 Å². The lowest BCUT2D eigenvalue weighted by atomic mass is 10.2. The molecule has 1 atom stereocenters. The molecule has 0 spiro atoms. The Balaban J connectivity index is 2.50. The van der Waals surface area contributed by atoms with Crippen LogP contribution in [-0.4, -0.2) is 18.2 Å². The molecule has 0 fully saturated rings. The van der Waals surface area contributed by atoms with Gasteiger partial charge in [0.15, 0.2) is 0 Å². The van der Waals surface area contributed by atoms with Crippen LogP contribution >= 0.6 is 0 Å². The molecule has 1 rings (SSSR count). The van der Waals surface area contributed by atoms with Crippen molar-refractivity contribution in [1.29, 1.82) is 0 Å². The fourth-order valence-corrected chi connectivity index (χ4v) is 1.03. The number of benzene rings is 1. The predicted octanol–water partition coefficient (Wildman–Crippen LogP) is 2.41. The molecule has 5 heteroatoms. The number of esters is 1. The average Bonchev–Trinajstić information content (AvgIpc) is 2.43. The molecule has 5 nitrogen and oxygen atoms in total. The lowest BCUT2D eigenvalue weighted by molar-refractivity contribution is -0.314. The molecule has 1 aromatic carbocycles. The van der Waals surface area contributed by atoms with Crippen LogP contribution in [0.2, 0.25) is 0 Å². The highest BCUT2D eigenvalue weighted by Gasteiger charge is 2.16. The Kier molecular flexibility index (Phi) is 5.50. The van der Waals surface area contributed by atoms with E-state index in [1.807, 2.05) is 0 Å². The largest absolute Gasteiger partial charge is 0.425 e. The monoisotopic (exact) mass is 262 g/mol. The van der Waals surface area contributed by atoms with Gasteiger partial charge in [0.25, 0.3) is 6.29 Å². The molecular weight excluding hydrogens is 248 g/mol. The van der Waals surface area contributed by atoms with E-state index in [-0.39, 0.29) is 5.57 Å². The Morgan fingerprint density at radius 1 is 1.26 bits per heavy atom. The van der Waals surface area contributed by atoms with Gasteiger partial charge in [-0.05, 0) is 25.1 Å². The first-order valence-electron chi connectivity index (χ1n) is 5.46. The van der Waals surface area contributed by atoms with Crippen molar-refractivity contribution in [2.45, 2.75) is 13.2 Å². The van der Waals surface area contributed by atoms with E-state index in [1.54, 1.807) is 30.3 Å². The van der Waals surface area contributed by atoms with Crippen LogP contribution in [0.4, 0.5) is 0 Å². The van der Waals surface area contributed by atoms with E-state index in [9.17, 15) is 9.59 Å². The van der Waals surface area contributed by atoms with Gasteiger partial charge in [0.05, 0.1) is 5.56 Å². The SMILES string of the molecule is C=CC(OOC(=O)c1ccccc1)OC(=O)C(=C)C. The molecule has 0 bridgehead atoms. The van der Waals surface area contributed by atoms with Crippen molar-refractivity contribution in [3.05, 3.63) is 60.7 Å². The normalized spacial score (nSPS) is 11.2. The summed E-state index contributed by atoms with van der Waals surface area (Å²) in [7, 11) is 0. The molecule has 1 unspecified atom stereocenters. The summed E-state index contributed by atoms with van der Waals surface area (Å²) in [4.78, 5) is 32.0. The van der Waals surface area contributed by atoms with Crippen LogP contribution in [0.15, 0.2) is 55.1 Å². The van der Waals surface area contributed by atoms with Gasteiger partial charge in [0, 0.05) is 5.57 Å². The van der Waals surface area contributed by atoms with Crippen LogP contribution < -0.4 is 0 Å². The molecule has 0 saturated heterocycles. The molecule has 0 N–H and O–H groups in total. The van der Waals surface area contributed by atoms with Crippen LogP contribution in [0.1, 0.15) is 17.3 Å². The van der Waals surface area contributed by atoms with Gasteiger partial charge in [-0.15, -0.1) is 4.89 Å². The lowest BCUT2D eigenvalue weighted by Gasteiger charge is -2.12. The Morgan fingerprint density at radius 2 is 1.89 bits per heavy atom. The van der Waals surface area contributed by atoms with Crippen molar-refractivity contribution >= 4 is 11.9 Å². The second-order valence-electron chi connectivity index (χ2n) is 3.62. The number of hydrogen-bond acceptors (Lipinski definition) is 5. The maximum absolute atomic E-state index is 11.5. The fraction of sp³-hybridized carbons (Fsp3) is 0.143. The van der Waals surface area contributed by atoms with E-state index in [2.05, 4.69) is 22.9 Å². The van der Waals surface area contributed by atoms with Crippen molar-refractivity contribution in [1.82, 2.24) is 0 Å². The summed E-state index contributed by atoms with van der Waals surface area (Å²) in [5.41, 5.74) is 0.515. The number of ether oxygens (including phenoxy) is 1. The van der Waals surface area contributed by atoms with E-state index in [1.165, 1.54) is 13.0 Å². The van der Waals surface area contributed by atoms with Gasteiger partial charge in [-0.25, -0.2) is 9.59 Å². The van der Waals surface area contributed by atoms with E-state index in [0.717, 1.165) is 0 Å². The zero-order chi connectivity index (χ0) is 14.3. The van der Waals surface area contributed by atoms with Gasteiger partial charge in [0.1, 0.15) is 0 Å². The van der Waals surface area contributed by atoms with E-state index < -0.39 is 18.2 Å². The third-order valence-corrected chi connectivity index (χ3v) is 1.99. The Morgan fingerprint density at radius 3 is 2.42 bits per heavy atom. The second kappa shape index (κ2) is 7.13. The number of hydrogen-bond donors (Lipinski definition) is 0. The molecule has 1 aromatic rings. The van der Waals surface area contributed by atoms with Crippen LogP contribution in [0, 0.1) is 0 Å². The standard InChI is InChI=1S/C14H14O5/c1-4-12(17-13(15)10(2)3)18-19-14(16)11-8-6-5-7-9-11/h4-9,12H,1-2H2,3H3. The molecule has 0 aliphatic carbocycles. The zero-order valence-corrected chi connectivity index (χ0v) is 10.5. The first-order valence-corrected chi connectivity index (χ1v) is 5.46. The highest BCUT2D eigenvalue weighted by Crippen LogP contribution is 2.06. The number of rotatable bonds is 6. The van der Waals surface area contributed by atoms with E-state index in [0.29, 0.717) is 5.56 Å². The average molecular weight is 262 g/mol. The van der Waals surface area contributed by atoms with Crippen molar-refractivity contribution < 1.29 is 24.1 Å². The Bertz CT molecular complexity index is 478. The van der Waals surface area contributed by atoms with Gasteiger partial charge >= 0.3 is 11.9 Å². The summed E-state index contributed by atoms with van der Waals surface area (Å²) in [6.45, 7) is 8.30. The first kappa shape index (κ1) is 14.7. The summed E-state index contributed by atoms with van der Waals surface area (Å²) in [6, 6.07) is 8.26. The highest BCUT2D eigenvalue weighted by atomic mass is 17.2. The second-order valence-corrected chi connectivity index (χ2v) is 3.62. The third-order valence-electron chi connectivity index (χ3n) is 1.99. The quantitative estimate of drug-likeness (QED) is 0.197. The minimum absolute atomic E-state index is 0.199. The number of carbonyl (C=O) groups is 2. The molecule has 0 aliphatic heterocycles. The van der Waals surface area contributed by atoms with Crippen LogP contribution in [0.5, 0.6) is 0 Å². The molecule has 0 heterocycles. The Labute approximate surface area is 111 Å². The molecule has 0 aliphatic rings. The summed E-state index contributed by atoms with van der Waals surface area (Å²) in [5, 5.41) is 0. The van der Waals surface area contributed by atoms with Gasteiger partial charge in [-0.1, -0.05) is 31.4 Å². The van der Waals surface area contributed by atoms with Crippen LogP contribution in [-0.2, 0) is 19.3 Å². The van der Waals surface area contributed by atoms with Gasteiger partial charge in [-0.2, -0.15) is 0 Å². The molecular formula is C14H14O5. The topological polar surface area (TPSA) is 61.8 Å². The minimum Gasteiger partial charge on any atom is -0.425 e. The first-order chi connectivity index (χ1) is 9.04. The third kappa shape index (κ3) is 4.77. The molecule has 0 radical (unpaired) electrons. The highest BCUT2D eigenvalue weighted by molar-refractivity contribution is 5.89. The van der Waals surface area contributed by atoms with E-state index in [4.69, 9.17) is 4.74 Å². The molecule has 0 amide bonds. The van der Waals surface area contributed by atoms with Crippen LogP contribution in [0.3, 0.4) is 0 Å². The maximum Gasteiger partial charge on any atom is 0.373 e. The van der Waals surface area contributed by atoms with Crippen molar-refractivity contribution in [3.8, 4) is 0 Å². The summed E-state index contributed by atoms with van der Waals surface area (Å²) in [6.07, 6.45) is -0.00378. The minimum atomic E-state index is -1.18. The summed E-state index contributed by atoms with van der Waals surface area (Å²) in [5.74, 6) is -1.36. The number of carbonyl (C=O) groups excluding carboxylic acids is 2. The zero-order valence-electron chi connectivity index (χ0n) is 10.5. The molecule has 0 saturated carbocycles. The van der Waals surface area contributed by atoms with Crippen molar-refractivity contribution in [3.63, 3.8) is 0 Å². The summed E-state index contributed by atoms with van der Waals surface area (Å²) < 4.78 is 4.79. The van der Waals surface area contributed by atoms with Crippen molar-refractivity contribution in [2.75, 3.05) is 0 Å².